The zero-order valence-electron chi connectivity index (χ0n) is 13.2. The van der Waals surface area contributed by atoms with Crippen molar-refractivity contribution in [2.24, 2.45) is 0 Å². The molecule has 0 aliphatic carbocycles. The van der Waals surface area contributed by atoms with Crippen LogP contribution in [0.4, 0.5) is 4.39 Å². The predicted octanol–water partition coefficient (Wildman–Crippen LogP) is 5.08. The maximum absolute atomic E-state index is 13.1. The lowest BCUT2D eigenvalue weighted by atomic mass is 10.2. The first-order valence-electron chi connectivity index (χ1n) is 7.28. The summed E-state index contributed by atoms with van der Waals surface area (Å²) in [6.07, 6.45) is 0. The van der Waals surface area contributed by atoms with Gasteiger partial charge >= 0.3 is 5.97 Å². The lowest BCUT2D eigenvalue weighted by molar-refractivity contribution is 0.0467. The summed E-state index contributed by atoms with van der Waals surface area (Å²) in [5, 5.41) is 2.65. The molecule has 1 heterocycles. The number of methoxy groups -OCH3 is 1. The fourth-order valence-corrected chi connectivity index (χ4v) is 3.45. The molecule has 0 saturated carbocycles. The lowest BCUT2D eigenvalue weighted by Crippen LogP contribution is -2.06. The van der Waals surface area contributed by atoms with Gasteiger partial charge in [-0.05, 0) is 46.3 Å². The summed E-state index contributed by atoms with van der Waals surface area (Å²) in [4.78, 5) is 16.6. The van der Waals surface area contributed by atoms with Crippen molar-refractivity contribution in [3.8, 4) is 16.3 Å². The zero-order valence-corrected chi connectivity index (χ0v) is 15.6. The second-order valence-corrected chi connectivity index (χ2v) is 6.79. The SMILES string of the molecule is COc1cccc(-c2nc(COC(=O)c3ccc(F)cc3Br)cs2)c1. The molecule has 128 valence electrons. The Kier molecular flexibility index (Phi) is 5.45. The molecule has 4 nitrogen and oxygen atoms in total. The third kappa shape index (κ3) is 4.24. The summed E-state index contributed by atoms with van der Waals surface area (Å²) in [5.41, 5.74) is 1.85. The van der Waals surface area contributed by atoms with Crippen LogP contribution >= 0.6 is 27.3 Å². The molecule has 0 fully saturated rings. The van der Waals surface area contributed by atoms with Crippen molar-refractivity contribution >= 4 is 33.2 Å². The van der Waals surface area contributed by atoms with Crippen LogP contribution in [0, 0.1) is 5.82 Å². The van der Waals surface area contributed by atoms with E-state index in [1.165, 1.54) is 29.5 Å². The van der Waals surface area contributed by atoms with Gasteiger partial charge in [-0.15, -0.1) is 11.3 Å². The summed E-state index contributed by atoms with van der Waals surface area (Å²) in [7, 11) is 1.61. The van der Waals surface area contributed by atoms with E-state index in [2.05, 4.69) is 20.9 Å². The Labute approximate surface area is 156 Å². The van der Waals surface area contributed by atoms with Crippen LogP contribution in [0.2, 0.25) is 0 Å². The number of ether oxygens (including phenoxy) is 2. The molecular formula is C18H13BrFNO3S. The molecule has 1 aromatic heterocycles. The van der Waals surface area contributed by atoms with E-state index in [1.54, 1.807) is 7.11 Å². The molecule has 25 heavy (non-hydrogen) atoms. The van der Waals surface area contributed by atoms with Gasteiger partial charge in [-0.3, -0.25) is 0 Å². The van der Waals surface area contributed by atoms with Crippen molar-refractivity contribution in [3.63, 3.8) is 0 Å². The molecule has 7 heteroatoms. The number of esters is 1. The van der Waals surface area contributed by atoms with E-state index in [0.717, 1.165) is 16.3 Å². The molecule has 0 aliphatic heterocycles. The Morgan fingerprint density at radius 1 is 1.28 bits per heavy atom. The van der Waals surface area contributed by atoms with E-state index in [0.29, 0.717) is 10.2 Å². The van der Waals surface area contributed by atoms with Crippen molar-refractivity contribution in [1.82, 2.24) is 4.98 Å². The predicted molar refractivity (Wildman–Crippen MR) is 97.3 cm³/mol. The molecule has 0 amide bonds. The highest BCUT2D eigenvalue weighted by atomic mass is 79.9. The molecule has 0 atom stereocenters. The number of benzene rings is 2. The summed E-state index contributed by atoms with van der Waals surface area (Å²) in [6.45, 7) is 0.0448. The maximum Gasteiger partial charge on any atom is 0.339 e. The number of nitrogens with zero attached hydrogens (tertiary/aromatic N) is 1. The van der Waals surface area contributed by atoms with Crippen LogP contribution < -0.4 is 4.74 Å². The monoisotopic (exact) mass is 421 g/mol. The van der Waals surface area contributed by atoms with E-state index in [1.807, 2.05) is 29.6 Å². The van der Waals surface area contributed by atoms with Gasteiger partial charge in [-0.1, -0.05) is 12.1 Å². The largest absolute Gasteiger partial charge is 0.497 e. The molecular weight excluding hydrogens is 409 g/mol. The number of hydrogen-bond acceptors (Lipinski definition) is 5. The Morgan fingerprint density at radius 2 is 2.12 bits per heavy atom. The Balaban J connectivity index is 1.68. The molecule has 0 aliphatic rings. The van der Waals surface area contributed by atoms with Crippen molar-refractivity contribution < 1.29 is 18.7 Å². The molecule has 0 radical (unpaired) electrons. The number of thiazole rings is 1. The summed E-state index contributed by atoms with van der Waals surface area (Å²) < 4.78 is 23.9. The molecule has 0 unspecified atom stereocenters. The molecule has 3 rings (SSSR count). The third-order valence-electron chi connectivity index (χ3n) is 3.37. The zero-order chi connectivity index (χ0) is 17.8. The van der Waals surface area contributed by atoms with Crippen LogP contribution in [-0.2, 0) is 11.3 Å². The van der Waals surface area contributed by atoms with E-state index >= 15 is 0 Å². The maximum atomic E-state index is 13.1. The molecule has 2 aromatic carbocycles. The van der Waals surface area contributed by atoms with E-state index in [4.69, 9.17) is 9.47 Å². The van der Waals surface area contributed by atoms with Crippen molar-refractivity contribution in [1.29, 1.82) is 0 Å². The number of aromatic nitrogens is 1. The molecule has 3 aromatic rings. The first kappa shape index (κ1) is 17.6. The number of hydrogen-bond donors (Lipinski definition) is 0. The second kappa shape index (κ2) is 7.76. The van der Waals surface area contributed by atoms with E-state index < -0.39 is 11.8 Å². The number of halogens is 2. The van der Waals surface area contributed by atoms with Crippen LogP contribution in [0.25, 0.3) is 10.6 Å². The summed E-state index contributed by atoms with van der Waals surface area (Å²) in [5.74, 6) is -0.212. The van der Waals surface area contributed by atoms with Crippen LogP contribution in [-0.4, -0.2) is 18.1 Å². The van der Waals surface area contributed by atoms with E-state index in [9.17, 15) is 9.18 Å². The fourth-order valence-electron chi connectivity index (χ4n) is 2.13. The molecule has 0 saturated heterocycles. The molecule has 0 bridgehead atoms. The van der Waals surface area contributed by atoms with Gasteiger partial charge in [0.25, 0.3) is 0 Å². The molecule has 0 spiro atoms. The van der Waals surface area contributed by atoms with Gasteiger partial charge in [0.15, 0.2) is 0 Å². The minimum Gasteiger partial charge on any atom is -0.497 e. The third-order valence-corrected chi connectivity index (χ3v) is 4.97. The number of carbonyl (C=O) groups is 1. The van der Waals surface area contributed by atoms with Crippen molar-refractivity contribution in [3.05, 3.63) is 69.4 Å². The average molecular weight is 422 g/mol. The highest BCUT2D eigenvalue weighted by molar-refractivity contribution is 9.10. The quantitative estimate of drug-likeness (QED) is 0.539. The van der Waals surface area contributed by atoms with Gasteiger partial charge in [0.2, 0.25) is 0 Å². The van der Waals surface area contributed by atoms with Crippen LogP contribution in [0.15, 0.2) is 52.3 Å². The Hall–Kier alpha value is -2.25. The van der Waals surface area contributed by atoms with Gasteiger partial charge < -0.3 is 9.47 Å². The first-order valence-corrected chi connectivity index (χ1v) is 8.95. The Morgan fingerprint density at radius 3 is 2.88 bits per heavy atom. The number of carbonyl (C=O) groups excluding carboxylic acids is 1. The summed E-state index contributed by atoms with van der Waals surface area (Å²) in [6, 6.07) is 11.4. The second-order valence-electron chi connectivity index (χ2n) is 5.08. The fraction of sp³-hybridized carbons (Fsp3) is 0.111. The highest BCUT2D eigenvalue weighted by Gasteiger charge is 2.13. The van der Waals surface area contributed by atoms with Gasteiger partial charge in [-0.2, -0.15) is 0 Å². The normalized spacial score (nSPS) is 10.5. The standard InChI is InChI=1S/C18H13BrFNO3S/c1-23-14-4-2-3-11(7-14)17-21-13(10-25-17)9-24-18(22)15-6-5-12(20)8-16(15)19/h2-8,10H,9H2,1H3. The molecule has 0 N–H and O–H groups in total. The van der Waals surface area contributed by atoms with E-state index in [-0.39, 0.29) is 12.2 Å². The van der Waals surface area contributed by atoms with Crippen LogP contribution in [0.1, 0.15) is 16.1 Å². The van der Waals surface area contributed by atoms with Crippen molar-refractivity contribution in [2.45, 2.75) is 6.61 Å². The Bertz CT molecular complexity index is 913. The minimum absolute atomic E-state index is 0.0448. The minimum atomic E-state index is -0.539. The smallest absolute Gasteiger partial charge is 0.339 e. The first-order chi connectivity index (χ1) is 12.1. The van der Waals surface area contributed by atoms with Crippen LogP contribution in [0.5, 0.6) is 5.75 Å². The van der Waals surface area contributed by atoms with Gasteiger partial charge in [-0.25, -0.2) is 14.2 Å². The summed E-state index contributed by atoms with van der Waals surface area (Å²) >= 11 is 4.61. The van der Waals surface area contributed by atoms with Crippen molar-refractivity contribution in [2.75, 3.05) is 7.11 Å². The topological polar surface area (TPSA) is 48.4 Å². The van der Waals surface area contributed by atoms with Crippen LogP contribution in [0.3, 0.4) is 0 Å². The van der Waals surface area contributed by atoms with Gasteiger partial charge in [0.1, 0.15) is 23.2 Å². The lowest BCUT2D eigenvalue weighted by Gasteiger charge is -2.05. The van der Waals surface area contributed by atoms with Gasteiger partial charge in [0.05, 0.1) is 18.4 Å². The average Bonchev–Trinajstić information content (AvgIpc) is 3.09. The number of rotatable bonds is 5. The van der Waals surface area contributed by atoms with Gasteiger partial charge in [0, 0.05) is 15.4 Å². The highest BCUT2D eigenvalue weighted by Crippen LogP contribution is 2.27.